The average Bonchev–Trinajstić information content (AvgIpc) is 2.80. The van der Waals surface area contributed by atoms with Gasteiger partial charge in [-0.15, -0.1) is 0 Å². The molecule has 0 spiro atoms. The number of Topliss-reactive ketones (excluding diaryl/α,β-unsaturated/α-hetero) is 1. The average molecular weight is 451 g/mol. The van der Waals surface area contributed by atoms with Crippen molar-refractivity contribution < 1.29 is 14.1 Å². The van der Waals surface area contributed by atoms with Gasteiger partial charge in [0.25, 0.3) is 0 Å². The fraction of sp³-hybridized carbons (Fsp3) is 0.125. The molecule has 1 heterocycles. The van der Waals surface area contributed by atoms with Gasteiger partial charge in [0.2, 0.25) is 0 Å². The lowest BCUT2D eigenvalue weighted by atomic mass is 9.84. The summed E-state index contributed by atoms with van der Waals surface area (Å²) >= 11 is 6.03. The van der Waals surface area contributed by atoms with Gasteiger partial charge in [-0.2, -0.15) is 5.26 Å². The van der Waals surface area contributed by atoms with Gasteiger partial charge >= 0.3 is 0 Å². The van der Waals surface area contributed by atoms with Gasteiger partial charge in [-0.3, -0.25) is 14.0 Å². The second-order valence-electron chi connectivity index (χ2n) is 6.77. The molecule has 3 aromatic rings. The Bertz CT molecular complexity index is 1160. The number of allylic oxidation sites excluding steroid dienone is 1. The van der Waals surface area contributed by atoms with Crippen molar-refractivity contribution >= 4 is 33.9 Å². The summed E-state index contributed by atoms with van der Waals surface area (Å²) in [6.07, 6.45) is 2.88. The molecule has 0 aliphatic heterocycles. The molecule has 2 aromatic carbocycles. The standard InChI is InChI=1S/C24H19ClN2O3S/c1-31(30)24(23(29)20-9-5-6-14-27-20)21(16-10-12-18(25)13-11-16)19(15-26)22(28)17-7-3-2-4-8-17/h2-14,21,24,28H,1H3/b22-19-. The van der Waals surface area contributed by atoms with Gasteiger partial charge in [-0.25, -0.2) is 0 Å². The zero-order valence-corrected chi connectivity index (χ0v) is 18.2. The van der Waals surface area contributed by atoms with E-state index < -0.39 is 27.8 Å². The Morgan fingerprint density at radius 3 is 2.26 bits per heavy atom. The number of nitriles is 1. The molecule has 1 N–H and O–H groups in total. The highest BCUT2D eigenvalue weighted by Crippen LogP contribution is 2.36. The zero-order valence-electron chi connectivity index (χ0n) is 16.6. The van der Waals surface area contributed by atoms with Crippen molar-refractivity contribution in [2.75, 3.05) is 6.26 Å². The van der Waals surface area contributed by atoms with Crippen molar-refractivity contribution in [3.8, 4) is 6.07 Å². The number of carbonyl (C=O) groups excluding carboxylic acids is 1. The third kappa shape index (κ3) is 5.08. The van der Waals surface area contributed by atoms with Gasteiger partial charge in [0, 0.05) is 39.8 Å². The van der Waals surface area contributed by atoms with Crippen LogP contribution in [0.4, 0.5) is 0 Å². The summed E-state index contributed by atoms with van der Waals surface area (Å²) in [7, 11) is -1.68. The lowest BCUT2D eigenvalue weighted by Gasteiger charge is -2.25. The Morgan fingerprint density at radius 2 is 1.71 bits per heavy atom. The van der Waals surface area contributed by atoms with Gasteiger partial charge in [0.1, 0.15) is 16.7 Å². The van der Waals surface area contributed by atoms with E-state index in [0.29, 0.717) is 16.1 Å². The first-order chi connectivity index (χ1) is 14.9. The molecule has 7 heteroatoms. The molecule has 3 atom stereocenters. The largest absolute Gasteiger partial charge is 0.506 e. The van der Waals surface area contributed by atoms with E-state index in [4.69, 9.17) is 11.6 Å². The van der Waals surface area contributed by atoms with E-state index in [-0.39, 0.29) is 17.0 Å². The van der Waals surface area contributed by atoms with Crippen LogP contribution in [0.3, 0.4) is 0 Å². The predicted octanol–water partition coefficient (Wildman–Crippen LogP) is 4.94. The number of pyridine rings is 1. The maximum atomic E-state index is 13.4. The number of carbonyl (C=O) groups is 1. The molecule has 0 aliphatic carbocycles. The zero-order chi connectivity index (χ0) is 22.4. The number of aliphatic hydroxyl groups is 1. The van der Waals surface area contributed by atoms with Crippen molar-refractivity contribution in [3.63, 3.8) is 0 Å². The fourth-order valence-corrected chi connectivity index (χ4v) is 4.56. The minimum atomic E-state index is -1.68. The Balaban J connectivity index is 2.24. The first-order valence-electron chi connectivity index (χ1n) is 9.35. The summed E-state index contributed by atoms with van der Waals surface area (Å²) in [6.45, 7) is 0. The first kappa shape index (κ1) is 22.4. The van der Waals surface area contributed by atoms with Gasteiger partial charge in [-0.1, -0.05) is 60.1 Å². The second kappa shape index (κ2) is 10.2. The van der Waals surface area contributed by atoms with Crippen molar-refractivity contribution in [3.05, 3.63) is 106 Å². The number of halogens is 1. The third-order valence-corrected chi connectivity index (χ3v) is 6.25. The number of hydrogen-bond acceptors (Lipinski definition) is 5. The van der Waals surface area contributed by atoms with Crippen LogP contribution in [0.1, 0.15) is 27.5 Å². The lowest BCUT2D eigenvalue weighted by molar-refractivity contribution is 0.0978. The smallest absolute Gasteiger partial charge is 0.197 e. The quantitative estimate of drug-likeness (QED) is 0.312. The Morgan fingerprint density at radius 1 is 1.06 bits per heavy atom. The molecular weight excluding hydrogens is 432 g/mol. The van der Waals surface area contributed by atoms with Crippen molar-refractivity contribution in [2.24, 2.45) is 0 Å². The maximum Gasteiger partial charge on any atom is 0.197 e. The highest BCUT2D eigenvalue weighted by Gasteiger charge is 2.38. The Labute approximate surface area is 188 Å². The van der Waals surface area contributed by atoms with E-state index in [2.05, 4.69) is 4.98 Å². The second-order valence-corrected chi connectivity index (χ2v) is 8.71. The highest BCUT2D eigenvalue weighted by atomic mass is 35.5. The SMILES string of the molecule is CS(=O)C(C(=O)c1ccccn1)C(/C(C#N)=C(\O)c1ccccc1)c1ccc(Cl)cc1. The molecule has 156 valence electrons. The number of nitrogens with zero attached hydrogens (tertiary/aromatic N) is 2. The summed E-state index contributed by atoms with van der Waals surface area (Å²) in [5.41, 5.74) is 1.04. The van der Waals surface area contributed by atoms with Crippen molar-refractivity contribution in [2.45, 2.75) is 11.2 Å². The third-order valence-electron chi connectivity index (χ3n) is 4.80. The molecule has 0 aliphatic rings. The van der Waals surface area contributed by atoms with E-state index >= 15 is 0 Å². The van der Waals surface area contributed by atoms with E-state index in [1.165, 1.54) is 18.5 Å². The topological polar surface area (TPSA) is 91.0 Å². The number of aliphatic hydroxyl groups excluding tert-OH is 1. The number of ketones is 1. The van der Waals surface area contributed by atoms with Crippen LogP contribution in [-0.2, 0) is 10.8 Å². The fourth-order valence-electron chi connectivity index (χ4n) is 3.33. The van der Waals surface area contributed by atoms with E-state index in [1.54, 1.807) is 66.7 Å². The van der Waals surface area contributed by atoms with Crippen LogP contribution >= 0.6 is 11.6 Å². The molecule has 0 radical (unpaired) electrons. The van der Waals surface area contributed by atoms with Gasteiger partial charge < -0.3 is 5.11 Å². The molecule has 31 heavy (non-hydrogen) atoms. The van der Waals surface area contributed by atoms with Crippen LogP contribution in [-0.4, -0.2) is 31.6 Å². The number of aromatic nitrogens is 1. The van der Waals surface area contributed by atoms with Gasteiger partial charge in [-0.05, 0) is 29.8 Å². The molecule has 3 rings (SSSR count). The predicted molar refractivity (Wildman–Crippen MR) is 122 cm³/mol. The molecule has 5 nitrogen and oxygen atoms in total. The first-order valence-corrected chi connectivity index (χ1v) is 11.4. The molecule has 0 bridgehead atoms. The minimum Gasteiger partial charge on any atom is -0.506 e. The number of rotatable bonds is 7. The lowest BCUT2D eigenvalue weighted by Crippen LogP contribution is -2.34. The van der Waals surface area contributed by atoms with E-state index in [1.807, 2.05) is 6.07 Å². The molecular formula is C24H19ClN2O3S. The Hall–Kier alpha value is -3.27. The highest BCUT2D eigenvalue weighted by molar-refractivity contribution is 7.85. The maximum absolute atomic E-state index is 13.4. The molecule has 0 amide bonds. The van der Waals surface area contributed by atoms with Crippen molar-refractivity contribution in [1.82, 2.24) is 4.98 Å². The van der Waals surface area contributed by atoms with Crippen LogP contribution < -0.4 is 0 Å². The van der Waals surface area contributed by atoms with Crippen LogP contribution in [0.5, 0.6) is 0 Å². The van der Waals surface area contributed by atoms with Gasteiger partial charge in [0.15, 0.2) is 5.78 Å². The Kier molecular flexibility index (Phi) is 7.35. The van der Waals surface area contributed by atoms with Gasteiger partial charge in [0.05, 0.1) is 11.6 Å². The number of hydrogen-bond donors (Lipinski definition) is 1. The molecule has 0 fully saturated rings. The van der Waals surface area contributed by atoms with E-state index in [9.17, 15) is 19.4 Å². The summed E-state index contributed by atoms with van der Waals surface area (Å²) in [6, 6.07) is 22.0. The summed E-state index contributed by atoms with van der Waals surface area (Å²) in [5, 5.41) is 20.3. The minimum absolute atomic E-state index is 0.0574. The summed E-state index contributed by atoms with van der Waals surface area (Å²) in [5.74, 6) is -1.72. The van der Waals surface area contributed by atoms with E-state index in [0.717, 1.165) is 0 Å². The van der Waals surface area contributed by atoms with Crippen LogP contribution in [0.25, 0.3) is 5.76 Å². The normalized spacial score (nSPS) is 14.6. The van der Waals surface area contributed by atoms with Crippen LogP contribution in [0.2, 0.25) is 5.02 Å². The van der Waals surface area contributed by atoms with Crippen LogP contribution in [0, 0.1) is 11.3 Å². The molecule has 1 aromatic heterocycles. The van der Waals surface area contributed by atoms with Crippen LogP contribution in [0.15, 0.2) is 84.6 Å². The van der Waals surface area contributed by atoms with Crippen molar-refractivity contribution in [1.29, 1.82) is 5.26 Å². The number of benzene rings is 2. The summed E-state index contributed by atoms with van der Waals surface area (Å²) < 4.78 is 12.8. The molecule has 3 unspecified atom stereocenters. The monoisotopic (exact) mass is 450 g/mol. The summed E-state index contributed by atoms with van der Waals surface area (Å²) in [4.78, 5) is 17.4. The molecule has 0 saturated heterocycles. The molecule has 0 saturated carbocycles.